The van der Waals surface area contributed by atoms with E-state index in [-0.39, 0.29) is 5.41 Å². The molecular weight excluding hydrogens is 100 g/mol. The van der Waals surface area contributed by atoms with Gasteiger partial charge in [0, 0.05) is 6.61 Å². The fourth-order valence-electron chi connectivity index (χ4n) is 0.993. The Bertz CT molecular complexity index is 109. The van der Waals surface area contributed by atoms with Crippen LogP contribution in [-0.2, 0) is 0 Å². The van der Waals surface area contributed by atoms with Gasteiger partial charge in [0.2, 0.25) is 0 Å². The third-order valence-electron chi connectivity index (χ3n) is 2.07. The van der Waals surface area contributed by atoms with E-state index >= 15 is 0 Å². The minimum Gasteiger partial charge on any atom is -0.396 e. The van der Waals surface area contributed by atoms with Crippen LogP contribution in [0.1, 0.15) is 13.3 Å². The molecule has 0 aliphatic heterocycles. The Hall–Kier alpha value is -0.300. The largest absolute Gasteiger partial charge is 0.396 e. The Morgan fingerprint density at radius 1 is 2.00 bits per heavy atom. The van der Waals surface area contributed by atoms with Gasteiger partial charge in [0.1, 0.15) is 0 Å². The highest BCUT2D eigenvalue weighted by Crippen LogP contribution is 2.52. The van der Waals surface area contributed by atoms with Gasteiger partial charge in [-0.2, -0.15) is 0 Å². The Labute approximate surface area is 50.0 Å². The highest BCUT2D eigenvalue weighted by molar-refractivity contribution is 5.06. The summed E-state index contributed by atoms with van der Waals surface area (Å²) in [5.41, 5.74) is 0.196. The topological polar surface area (TPSA) is 20.2 Å². The molecule has 8 heavy (non-hydrogen) atoms. The standard InChI is InChI=1S/C7H12O/c1-3-6-4-7(6,2)5-8/h3,6,8H,1,4-5H2,2H3/t6-,7-/m0/s1. The second-order valence-electron chi connectivity index (χ2n) is 2.86. The van der Waals surface area contributed by atoms with Crippen LogP contribution in [0.15, 0.2) is 12.7 Å². The summed E-state index contributed by atoms with van der Waals surface area (Å²) in [7, 11) is 0. The first-order chi connectivity index (χ1) is 3.73. The van der Waals surface area contributed by atoms with E-state index in [1.165, 1.54) is 0 Å². The number of hydrogen-bond donors (Lipinski definition) is 1. The van der Waals surface area contributed by atoms with Crippen LogP contribution in [0.25, 0.3) is 0 Å². The van der Waals surface area contributed by atoms with Gasteiger partial charge in [-0.1, -0.05) is 13.0 Å². The molecule has 1 fully saturated rings. The van der Waals surface area contributed by atoms with E-state index in [1.807, 2.05) is 6.08 Å². The van der Waals surface area contributed by atoms with Crippen LogP contribution in [0.4, 0.5) is 0 Å². The van der Waals surface area contributed by atoms with Crippen molar-refractivity contribution in [2.24, 2.45) is 11.3 Å². The van der Waals surface area contributed by atoms with Crippen LogP contribution >= 0.6 is 0 Å². The van der Waals surface area contributed by atoms with E-state index in [0.717, 1.165) is 6.42 Å². The normalized spacial score (nSPS) is 44.0. The average Bonchev–Trinajstić information content (AvgIpc) is 2.44. The highest BCUT2D eigenvalue weighted by Gasteiger charge is 2.47. The molecule has 1 aliphatic carbocycles. The van der Waals surface area contributed by atoms with E-state index in [0.29, 0.717) is 12.5 Å². The quantitative estimate of drug-likeness (QED) is 0.532. The summed E-state index contributed by atoms with van der Waals surface area (Å²) in [6.45, 7) is 6.05. The molecule has 0 aromatic rings. The molecule has 0 aromatic heterocycles. The number of hydrogen-bond acceptors (Lipinski definition) is 1. The maximum Gasteiger partial charge on any atom is 0.0490 e. The van der Waals surface area contributed by atoms with Gasteiger partial charge in [0.05, 0.1) is 0 Å². The van der Waals surface area contributed by atoms with Crippen molar-refractivity contribution in [2.75, 3.05) is 6.61 Å². The van der Waals surface area contributed by atoms with Crippen molar-refractivity contribution >= 4 is 0 Å². The molecule has 0 bridgehead atoms. The van der Waals surface area contributed by atoms with E-state index in [1.54, 1.807) is 0 Å². The lowest BCUT2D eigenvalue weighted by atomic mass is 10.1. The SMILES string of the molecule is C=C[C@H]1C[C@@]1(C)CO. The third kappa shape index (κ3) is 0.671. The van der Waals surface area contributed by atoms with Gasteiger partial charge in [-0.05, 0) is 17.8 Å². The summed E-state index contributed by atoms with van der Waals surface area (Å²) in [5.74, 6) is 0.576. The summed E-state index contributed by atoms with van der Waals surface area (Å²) >= 11 is 0. The summed E-state index contributed by atoms with van der Waals surface area (Å²) in [5, 5.41) is 8.72. The molecule has 0 unspecified atom stereocenters. The Morgan fingerprint density at radius 2 is 2.62 bits per heavy atom. The molecule has 0 aromatic carbocycles. The van der Waals surface area contributed by atoms with Crippen LogP contribution in [0, 0.1) is 11.3 Å². The van der Waals surface area contributed by atoms with E-state index in [2.05, 4.69) is 13.5 Å². The summed E-state index contributed by atoms with van der Waals surface area (Å²) in [6.07, 6.45) is 3.04. The van der Waals surface area contributed by atoms with Gasteiger partial charge in [0.25, 0.3) is 0 Å². The van der Waals surface area contributed by atoms with Gasteiger partial charge < -0.3 is 5.11 Å². The first-order valence-corrected chi connectivity index (χ1v) is 2.96. The van der Waals surface area contributed by atoms with Crippen molar-refractivity contribution in [1.29, 1.82) is 0 Å². The first-order valence-electron chi connectivity index (χ1n) is 2.96. The predicted octanol–water partition coefficient (Wildman–Crippen LogP) is 1.19. The number of aliphatic hydroxyl groups excluding tert-OH is 1. The number of aliphatic hydroxyl groups is 1. The molecule has 0 heterocycles. The third-order valence-corrected chi connectivity index (χ3v) is 2.07. The molecule has 1 N–H and O–H groups in total. The van der Waals surface area contributed by atoms with E-state index in [9.17, 15) is 0 Å². The lowest BCUT2D eigenvalue weighted by molar-refractivity contribution is 0.217. The molecule has 1 nitrogen and oxygen atoms in total. The molecule has 1 rings (SSSR count). The van der Waals surface area contributed by atoms with Gasteiger partial charge >= 0.3 is 0 Å². The zero-order valence-corrected chi connectivity index (χ0v) is 5.22. The van der Waals surface area contributed by atoms with Crippen molar-refractivity contribution in [3.8, 4) is 0 Å². The zero-order valence-electron chi connectivity index (χ0n) is 5.22. The van der Waals surface area contributed by atoms with Crippen LogP contribution in [-0.4, -0.2) is 11.7 Å². The van der Waals surface area contributed by atoms with Crippen LogP contribution in [0.2, 0.25) is 0 Å². The highest BCUT2D eigenvalue weighted by atomic mass is 16.3. The summed E-state index contributed by atoms with van der Waals surface area (Å²) in [4.78, 5) is 0. The van der Waals surface area contributed by atoms with Crippen LogP contribution in [0.3, 0.4) is 0 Å². The molecule has 46 valence electrons. The fraction of sp³-hybridized carbons (Fsp3) is 0.714. The van der Waals surface area contributed by atoms with Crippen LogP contribution < -0.4 is 0 Å². The first kappa shape index (κ1) is 5.83. The molecular formula is C7H12O. The Balaban J connectivity index is 2.42. The summed E-state index contributed by atoms with van der Waals surface area (Å²) in [6, 6.07) is 0. The summed E-state index contributed by atoms with van der Waals surface area (Å²) < 4.78 is 0. The predicted molar refractivity (Wildman–Crippen MR) is 33.5 cm³/mol. The lowest BCUT2D eigenvalue weighted by Crippen LogP contribution is -2.01. The smallest absolute Gasteiger partial charge is 0.0490 e. The number of rotatable bonds is 2. The monoisotopic (exact) mass is 112 g/mol. The Morgan fingerprint density at radius 3 is 2.75 bits per heavy atom. The number of allylic oxidation sites excluding steroid dienone is 1. The lowest BCUT2D eigenvalue weighted by Gasteiger charge is -2.00. The minimum absolute atomic E-state index is 0.196. The van der Waals surface area contributed by atoms with Gasteiger partial charge in [-0.15, -0.1) is 6.58 Å². The Kier molecular flexibility index (Phi) is 1.16. The minimum atomic E-state index is 0.196. The van der Waals surface area contributed by atoms with Crippen molar-refractivity contribution in [3.05, 3.63) is 12.7 Å². The molecule has 1 saturated carbocycles. The molecule has 1 heteroatoms. The van der Waals surface area contributed by atoms with Gasteiger partial charge in [-0.3, -0.25) is 0 Å². The van der Waals surface area contributed by atoms with Crippen molar-refractivity contribution in [3.63, 3.8) is 0 Å². The fourth-order valence-corrected chi connectivity index (χ4v) is 0.993. The van der Waals surface area contributed by atoms with E-state index < -0.39 is 0 Å². The average molecular weight is 112 g/mol. The van der Waals surface area contributed by atoms with Gasteiger partial charge in [0.15, 0.2) is 0 Å². The van der Waals surface area contributed by atoms with Gasteiger partial charge in [-0.25, -0.2) is 0 Å². The second kappa shape index (κ2) is 1.59. The van der Waals surface area contributed by atoms with Crippen molar-refractivity contribution < 1.29 is 5.11 Å². The van der Waals surface area contributed by atoms with Crippen molar-refractivity contribution in [2.45, 2.75) is 13.3 Å². The van der Waals surface area contributed by atoms with E-state index in [4.69, 9.17) is 5.11 Å². The maximum atomic E-state index is 8.72. The molecule has 0 saturated heterocycles. The van der Waals surface area contributed by atoms with Crippen LogP contribution in [0.5, 0.6) is 0 Å². The molecule has 1 aliphatic rings. The van der Waals surface area contributed by atoms with Crippen molar-refractivity contribution in [1.82, 2.24) is 0 Å². The molecule has 0 amide bonds. The maximum absolute atomic E-state index is 8.72. The second-order valence-corrected chi connectivity index (χ2v) is 2.86. The molecule has 2 atom stereocenters. The molecule has 0 radical (unpaired) electrons. The molecule has 0 spiro atoms. The zero-order chi connectivity index (χ0) is 6.20.